The van der Waals surface area contributed by atoms with E-state index in [4.69, 9.17) is 5.73 Å². The zero-order valence-electron chi connectivity index (χ0n) is 13.2. The van der Waals surface area contributed by atoms with Crippen LogP contribution in [0.5, 0.6) is 0 Å². The molecule has 1 unspecified atom stereocenters. The van der Waals surface area contributed by atoms with Gasteiger partial charge in [0.2, 0.25) is 5.91 Å². The molecule has 3 aromatic rings. The summed E-state index contributed by atoms with van der Waals surface area (Å²) < 4.78 is 0.943. The number of rotatable bonds is 3. The van der Waals surface area contributed by atoms with Crippen LogP contribution in [0.15, 0.2) is 22.7 Å². The minimum atomic E-state index is -0.158. The number of anilines is 1. The standard InChI is InChI=1S/C16H18BrN5O/c1-4-22(9(3)23)8(2)16-20-13-11-6-5-10(17)7-12(11)19-15(18)14(13)21-16/h5-8H,4H2,1-3H3,(H2,18,19)(H,20,21). The van der Waals surface area contributed by atoms with Gasteiger partial charge in [0, 0.05) is 23.3 Å². The lowest BCUT2D eigenvalue weighted by atomic mass is 10.2. The largest absolute Gasteiger partial charge is 0.382 e. The number of nitrogens with zero attached hydrogens (tertiary/aromatic N) is 3. The topological polar surface area (TPSA) is 87.9 Å². The molecule has 0 aliphatic carbocycles. The Balaban J connectivity index is 2.20. The first-order chi connectivity index (χ1) is 10.9. The van der Waals surface area contributed by atoms with Crippen molar-refractivity contribution in [2.45, 2.75) is 26.8 Å². The Bertz CT molecular complexity index is 904. The fourth-order valence-corrected chi connectivity index (χ4v) is 3.23. The second-order valence-corrected chi connectivity index (χ2v) is 6.40. The molecule has 3 N–H and O–H groups in total. The second kappa shape index (κ2) is 5.81. The highest BCUT2D eigenvalue weighted by Crippen LogP contribution is 2.30. The third-order valence-electron chi connectivity index (χ3n) is 4.04. The van der Waals surface area contributed by atoms with Gasteiger partial charge < -0.3 is 15.6 Å². The molecule has 0 fully saturated rings. The van der Waals surface area contributed by atoms with Crippen LogP contribution in [0.2, 0.25) is 0 Å². The summed E-state index contributed by atoms with van der Waals surface area (Å²) in [6.07, 6.45) is 0. The van der Waals surface area contributed by atoms with Crippen molar-refractivity contribution in [2.75, 3.05) is 12.3 Å². The number of hydrogen-bond acceptors (Lipinski definition) is 4. The maximum absolute atomic E-state index is 11.8. The Hall–Kier alpha value is -2.15. The number of pyridine rings is 1. The zero-order valence-corrected chi connectivity index (χ0v) is 14.8. The van der Waals surface area contributed by atoms with E-state index in [0.717, 1.165) is 20.9 Å². The molecule has 0 radical (unpaired) electrons. The Morgan fingerprint density at radius 2 is 2.17 bits per heavy atom. The number of hydrogen-bond donors (Lipinski definition) is 2. The van der Waals surface area contributed by atoms with Crippen LogP contribution < -0.4 is 5.73 Å². The number of carbonyl (C=O) groups excluding carboxylic acids is 1. The summed E-state index contributed by atoms with van der Waals surface area (Å²) in [6.45, 7) is 6.08. The molecule has 1 atom stereocenters. The highest BCUT2D eigenvalue weighted by atomic mass is 79.9. The van der Waals surface area contributed by atoms with Gasteiger partial charge in [-0.2, -0.15) is 0 Å². The van der Waals surface area contributed by atoms with E-state index in [1.165, 1.54) is 0 Å². The molecule has 0 bridgehead atoms. The van der Waals surface area contributed by atoms with E-state index < -0.39 is 0 Å². The van der Waals surface area contributed by atoms with Crippen molar-refractivity contribution in [1.29, 1.82) is 0 Å². The average molecular weight is 376 g/mol. The van der Waals surface area contributed by atoms with Gasteiger partial charge in [-0.3, -0.25) is 4.79 Å². The fourth-order valence-electron chi connectivity index (χ4n) is 2.88. The van der Waals surface area contributed by atoms with Gasteiger partial charge in [0.1, 0.15) is 11.3 Å². The zero-order chi connectivity index (χ0) is 16.7. The monoisotopic (exact) mass is 375 g/mol. The minimum absolute atomic E-state index is 0.0142. The van der Waals surface area contributed by atoms with Crippen molar-refractivity contribution in [2.24, 2.45) is 0 Å². The van der Waals surface area contributed by atoms with Crippen LogP contribution in [0.25, 0.3) is 21.9 Å². The van der Waals surface area contributed by atoms with Crippen LogP contribution in [0.4, 0.5) is 5.82 Å². The first kappa shape index (κ1) is 15.7. The molecule has 0 saturated carbocycles. The fraction of sp³-hybridized carbons (Fsp3) is 0.312. The number of carbonyl (C=O) groups is 1. The van der Waals surface area contributed by atoms with Gasteiger partial charge in [-0.1, -0.05) is 15.9 Å². The first-order valence-electron chi connectivity index (χ1n) is 7.44. The number of amides is 1. The lowest BCUT2D eigenvalue weighted by Gasteiger charge is -2.25. The lowest BCUT2D eigenvalue weighted by Crippen LogP contribution is -2.31. The molecule has 120 valence electrons. The number of halogens is 1. The number of nitrogens with two attached hydrogens (primary N) is 1. The van der Waals surface area contributed by atoms with E-state index in [0.29, 0.717) is 23.7 Å². The van der Waals surface area contributed by atoms with Crippen LogP contribution in [0.3, 0.4) is 0 Å². The van der Waals surface area contributed by atoms with E-state index in [1.54, 1.807) is 11.8 Å². The Kier molecular flexibility index (Phi) is 3.97. The van der Waals surface area contributed by atoms with E-state index in [-0.39, 0.29) is 11.9 Å². The van der Waals surface area contributed by atoms with Crippen LogP contribution in [-0.2, 0) is 4.79 Å². The predicted molar refractivity (Wildman–Crippen MR) is 95.0 cm³/mol. The second-order valence-electron chi connectivity index (χ2n) is 5.49. The molecule has 3 rings (SSSR count). The van der Waals surface area contributed by atoms with Crippen molar-refractivity contribution in [3.63, 3.8) is 0 Å². The van der Waals surface area contributed by atoms with Crippen molar-refractivity contribution in [1.82, 2.24) is 19.9 Å². The van der Waals surface area contributed by atoms with Gasteiger partial charge in [-0.05, 0) is 32.0 Å². The molecule has 0 spiro atoms. The van der Waals surface area contributed by atoms with E-state index in [9.17, 15) is 4.79 Å². The number of benzene rings is 1. The molecule has 1 amide bonds. The van der Waals surface area contributed by atoms with Crippen LogP contribution in [-0.4, -0.2) is 32.3 Å². The number of imidazole rings is 1. The number of H-pyrrole nitrogens is 1. The number of nitrogens with one attached hydrogen (secondary N) is 1. The number of fused-ring (bicyclic) bond motifs is 3. The molecular weight excluding hydrogens is 358 g/mol. The van der Waals surface area contributed by atoms with Crippen LogP contribution in [0.1, 0.15) is 32.6 Å². The van der Waals surface area contributed by atoms with Gasteiger partial charge >= 0.3 is 0 Å². The summed E-state index contributed by atoms with van der Waals surface area (Å²) in [7, 11) is 0. The summed E-state index contributed by atoms with van der Waals surface area (Å²) in [4.78, 5) is 25.9. The normalized spacial score (nSPS) is 12.7. The molecule has 6 nitrogen and oxygen atoms in total. The Labute approximate surface area is 142 Å². The number of nitrogen functional groups attached to an aromatic ring is 1. The Morgan fingerprint density at radius 3 is 2.83 bits per heavy atom. The van der Waals surface area contributed by atoms with E-state index in [2.05, 4.69) is 30.9 Å². The summed E-state index contributed by atoms with van der Waals surface area (Å²) in [5.41, 5.74) is 8.35. The number of aromatic amines is 1. The molecule has 2 aromatic heterocycles. The van der Waals surface area contributed by atoms with Crippen molar-refractivity contribution in [3.05, 3.63) is 28.5 Å². The molecule has 23 heavy (non-hydrogen) atoms. The molecule has 7 heteroatoms. The number of aromatic nitrogens is 3. The third-order valence-corrected chi connectivity index (χ3v) is 4.54. The van der Waals surface area contributed by atoms with Crippen molar-refractivity contribution >= 4 is 49.6 Å². The highest BCUT2D eigenvalue weighted by molar-refractivity contribution is 9.10. The van der Waals surface area contributed by atoms with Gasteiger partial charge in [0.25, 0.3) is 0 Å². The van der Waals surface area contributed by atoms with E-state index >= 15 is 0 Å². The molecule has 0 saturated heterocycles. The summed E-state index contributed by atoms with van der Waals surface area (Å²) in [6, 6.07) is 5.69. The average Bonchev–Trinajstić information content (AvgIpc) is 2.93. The van der Waals surface area contributed by atoms with Gasteiger partial charge in [-0.25, -0.2) is 9.97 Å². The molecular formula is C16H18BrN5O. The van der Waals surface area contributed by atoms with Crippen molar-refractivity contribution in [3.8, 4) is 0 Å². The van der Waals surface area contributed by atoms with Crippen LogP contribution >= 0.6 is 15.9 Å². The summed E-state index contributed by atoms with van der Waals surface area (Å²) >= 11 is 3.44. The van der Waals surface area contributed by atoms with Gasteiger partial charge in [0.05, 0.1) is 17.1 Å². The highest BCUT2D eigenvalue weighted by Gasteiger charge is 2.21. The lowest BCUT2D eigenvalue weighted by molar-refractivity contribution is -0.130. The smallest absolute Gasteiger partial charge is 0.220 e. The summed E-state index contributed by atoms with van der Waals surface area (Å²) in [5.74, 6) is 1.10. The van der Waals surface area contributed by atoms with Crippen molar-refractivity contribution < 1.29 is 4.79 Å². The van der Waals surface area contributed by atoms with E-state index in [1.807, 2.05) is 32.0 Å². The predicted octanol–water partition coefficient (Wildman–Crippen LogP) is 3.39. The Morgan fingerprint density at radius 1 is 1.43 bits per heavy atom. The van der Waals surface area contributed by atoms with Crippen LogP contribution in [0, 0.1) is 0 Å². The summed E-state index contributed by atoms with van der Waals surface area (Å²) in [5, 5.41) is 0.953. The third kappa shape index (κ3) is 2.65. The molecule has 1 aromatic carbocycles. The maximum atomic E-state index is 11.8. The first-order valence-corrected chi connectivity index (χ1v) is 8.23. The quantitative estimate of drug-likeness (QED) is 0.734. The molecule has 0 aliphatic rings. The maximum Gasteiger partial charge on any atom is 0.220 e. The van der Waals surface area contributed by atoms with Gasteiger partial charge in [0.15, 0.2) is 5.82 Å². The molecule has 2 heterocycles. The minimum Gasteiger partial charge on any atom is -0.382 e. The molecule has 0 aliphatic heterocycles. The van der Waals surface area contributed by atoms with Gasteiger partial charge in [-0.15, -0.1) is 0 Å². The SMILES string of the molecule is CCN(C(C)=O)C(C)c1nc2c(N)nc3cc(Br)ccc3c2[nH]1.